The summed E-state index contributed by atoms with van der Waals surface area (Å²) in [5, 5.41) is 8.67. The highest BCUT2D eigenvalue weighted by Crippen LogP contribution is 2.21. The molecule has 0 unspecified atom stereocenters. The third-order valence-electron chi connectivity index (χ3n) is 2.54. The lowest BCUT2D eigenvalue weighted by molar-refractivity contribution is 0.414. The van der Waals surface area contributed by atoms with Crippen LogP contribution in [0.1, 0.15) is 5.56 Å². The van der Waals surface area contributed by atoms with Gasteiger partial charge in [-0.25, -0.2) is 0 Å². The second-order valence-corrected chi connectivity index (χ2v) is 5.40. The van der Waals surface area contributed by atoms with E-state index in [0.717, 1.165) is 0 Å². The minimum Gasteiger partial charge on any atom is -0.497 e. The molecule has 0 fully saturated rings. The normalized spacial score (nSPS) is 10.6. The molecular weight excluding hydrogens is 278 g/mol. The molecule has 0 radical (unpaired) electrons. The van der Waals surface area contributed by atoms with Crippen LogP contribution in [0.5, 0.6) is 11.5 Å². The summed E-state index contributed by atoms with van der Waals surface area (Å²) in [4.78, 5) is 0.0302. The number of nitriles is 1. The molecule has 102 valence electrons. The predicted octanol–water partition coefficient (Wildman–Crippen LogP) is 2.33. The molecule has 2 rings (SSSR count). The van der Waals surface area contributed by atoms with E-state index < -0.39 is 10.1 Å². The second kappa shape index (κ2) is 5.63. The molecule has 0 aromatic heterocycles. The predicted molar refractivity (Wildman–Crippen MR) is 72.0 cm³/mol. The standard InChI is InChI=1S/C14H11NO4S/c1-18-12-6-8-14(9-7-12)20(16,17)19-13-4-2-11(10-15)3-5-13/h2-9H,1H3. The van der Waals surface area contributed by atoms with Gasteiger partial charge in [-0.1, -0.05) is 0 Å². The van der Waals surface area contributed by atoms with Crippen LogP contribution in [0.2, 0.25) is 0 Å². The van der Waals surface area contributed by atoms with Gasteiger partial charge < -0.3 is 8.92 Å². The van der Waals surface area contributed by atoms with Crippen molar-refractivity contribution in [2.75, 3.05) is 7.11 Å². The van der Waals surface area contributed by atoms with E-state index in [2.05, 4.69) is 0 Å². The summed E-state index contributed by atoms with van der Waals surface area (Å²) < 4.78 is 34.0. The minimum atomic E-state index is -3.90. The molecule has 0 saturated carbocycles. The summed E-state index contributed by atoms with van der Waals surface area (Å²) in [7, 11) is -2.40. The van der Waals surface area contributed by atoms with Crippen molar-refractivity contribution >= 4 is 10.1 Å². The lowest BCUT2D eigenvalue weighted by Crippen LogP contribution is -2.09. The van der Waals surface area contributed by atoms with Crippen molar-refractivity contribution in [1.82, 2.24) is 0 Å². The maximum atomic E-state index is 12.0. The molecule has 0 aliphatic heterocycles. The number of hydrogen-bond acceptors (Lipinski definition) is 5. The van der Waals surface area contributed by atoms with Gasteiger partial charge in [0.2, 0.25) is 0 Å². The number of nitrogens with zero attached hydrogens (tertiary/aromatic N) is 1. The van der Waals surface area contributed by atoms with Gasteiger partial charge in [0.15, 0.2) is 0 Å². The molecule has 6 heteroatoms. The Hall–Kier alpha value is -2.52. The highest BCUT2D eigenvalue weighted by atomic mass is 32.2. The van der Waals surface area contributed by atoms with Crippen LogP contribution in [-0.2, 0) is 10.1 Å². The SMILES string of the molecule is COc1ccc(S(=O)(=O)Oc2ccc(C#N)cc2)cc1. The Bertz CT molecular complexity index is 728. The summed E-state index contributed by atoms with van der Waals surface area (Å²) in [6, 6.07) is 13.6. The Balaban J connectivity index is 2.23. The first-order chi connectivity index (χ1) is 9.55. The Morgan fingerprint density at radius 1 is 0.950 bits per heavy atom. The van der Waals surface area contributed by atoms with Crippen LogP contribution in [0.3, 0.4) is 0 Å². The monoisotopic (exact) mass is 289 g/mol. The van der Waals surface area contributed by atoms with Gasteiger partial charge in [0.1, 0.15) is 16.4 Å². The van der Waals surface area contributed by atoms with Crippen LogP contribution in [0.4, 0.5) is 0 Å². The molecule has 5 nitrogen and oxygen atoms in total. The quantitative estimate of drug-likeness (QED) is 0.807. The fourth-order valence-corrected chi connectivity index (χ4v) is 2.43. The van der Waals surface area contributed by atoms with Crippen molar-refractivity contribution in [1.29, 1.82) is 5.26 Å². The van der Waals surface area contributed by atoms with E-state index in [9.17, 15) is 8.42 Å². The fourth-order valence-electron chi connectivity index (χ4n) is 1.50. The maximum absolute atomic E-state index is 12.0. The van der Waals surface area contributed by atoms with E-state index in [1.54, 1.807) is 0 Å². The number of rotatable bonds is 4. The van der Waals surface area contributed by atoms with Crippen molar-refractivity contribution in [3.8, 4) is 17.6 Å². The van der Waals surface area contributed by atoms with Gasteiger partial charge in [0.05, 0.1) is 18.7 Å². The Morgan fingerprint density at radius 2 is 1.50 bits per heavy atom. The van der Waals surface area contributed by atoms with Crippen molar-refractivity contribution < 1.29 is 17.3 Å². The average molecular weight is 289 g/mol. The van der Waals surface area contributed by atoms with Crippen molar-refractivity contribution in [3.05, 3.63) is 54.1 Å². The van der Waals surface area contributed by atoms with E-state index in [-0.39, 0.29) is 10.6 Å². The maximum Gasteiger partial charge on any atom is 0.339 e. The molecule has 2 aromatic carbocycles. The highest BCUT2D eigenvalue weighted by molar-refractivity contribution is 7.87. The number of methoxy groups -OCH3 is 1. The molecule has 0 N–H and O–H groups in total. The molecular formula is C14H11NO4S. The molecule has 0 bridgehead atoms. The summed E-state index contributed by atoms with van der Waals surface area (Å²) in [6.07, 6.45) is 0. The number of hydrogen-bond donors (Lipinski definition) is 0. The summed E-state index contributed by atoms with van der Waals surface area (Å²) in [5.41, 5.74) is 0.430. The van der Waals surface area contributed by atoms with E-state index in [4.69, 9.17) is 14.2 Å². The zero-order valence-electron chi connectivity index (χ0n) is 10.6. The second-order valence-electron chi connectivity index (χ2n) is 3.85. The molecule has 0 heterocycles. The minimum absolute atomic E-state index is 0.0302. The van der Waals surface area contributed by atoms with Gasteiger partial charge in [-0.05, 0) is 48.5 Å². The van der Waals surface area contributed by atoms with Crippen LogP contribution in [0, 0.1) is 11.3 Å². The van der Waals surface area contributed by atoms with E-state index in [0.29, 0.717) is 11.3 Å². The molecule has 0 aliphatic carbocycles. The summed E-state index contributed by atoms with van der Waals surface area (Å²) in [6.45, 7) is 0. The van der Waals surface area contributed by atoms with Crippen LogP contribution in [0.15, 0.2) is 53.4 Å². The van der Waals surface area contributed by atoms with Crippen molar-refractivity contribution in [2.45, 2.75) is 4.90 Å². The van der Waals surface area contributed by atoms with Gasteiger partial charge in [-0.2, -0.15) is 13.7 Å². The lowest BCUT2D eigenvalue weighted by atomic mass is 10.2. The highest BCUT2D eigenvalue weighted by Gasteiger charge is 2.16. The van der Waals surface area contributed by atoms with Crippen molar-refractivity contribution in [3.63, 3.8) is 0 Å². The first kappa shape index (κ1) is 13.9. The molecule has 0 aliphatic rings. The molecule has 0 spiro atoms. The molecule has 2 aromatic rings. The van der Waals surface area contributed by atoms with Crippen LogP contribution >= 0.6 is 0 Å². The number of benzene rings is 2. The fraction of sp³-hybridized carbons (Fsp3) is 0.0714. The zero-order valence-corrected chi connectivity index (χ0v) is 11.4. The topological polar surface area (TPSA) is 76.4 Å². The van der Waals surface area contributed by atoms with E-state index >= 15 is 0 Å². The van der Waals surface area contributed by atoms with Crippen LogP contribution in [-0.4, -0.2) is 15.5 Å². The average Bonchev–Trinajstić information content (AvgIpc) is 2.48. The smallest absolute Gasteiger partial charge is 0.339 e. The van der Waals surface area contributed by atoms with Crippen LogP contribution < -0.4 is 8.92 Å². The Kier molecular flexibility index (Phi) is 3.91. The Morgan fingerprint density at radius 3 is 2.00 bits per heavy atom. The number of ether oxygens (including phenoxy) is 1. The summed E-state index contributed by atoms with van der Waals surface area (Å²) >= 11 is 0. The molecule has 20 heavy (non-hydrogen) atoms. The third-order valence-corrected chi connectivity index (χ3v) is 3.80. The molecule has 0 atom stereocenters. The van der Waals surface area contributed by atoms with Gasteiger partial charge >= 0.3 is 10.1 Å². The van der Waals surface area contributed by atoms with Gasteiger partial charge in [0.25, 0.3) is 0 Å². The summed E-state index contributed by atoms with van der Waals surface area (Å²) in [5.74, 6) is 0.710. The Labute approximate surface area is 117 Å². The van der Waals surface area contributed by atoms with E-state index in [1.165, 1.54) is 55.6 Å². The molecule has 0 saturated heterocycles. The first-order valence-corrected chi connectivity index (χ1v) is 7.05. The zero-order chi connectivity index (χ0) is 14.6. The van der Waals surface area contributed by atoms with E-state index in [1.807, 2.05) is 6.07 Å². The van der Waals surface area contributed by atoms with Gasteiger partial charge in [0, 0.05) is 0 Å². The van der Waals surface area contributed by atoms with Crippen LogP contribution in [0.25, 0.3) is 0 Å². The van der Waals surface area contributed by atoms with Gasteiger partial charge in [-0.15, -0.1) is 0 Å². The largest absolute Gasteiger partial charge is 0.497 e. The lowest BCUT2D eigenvalue weighted by Gasteiger charge is -2.07. The van der Waals surface area contributed by atoms with Gasteiger partial charge in [-0.3, -0.25) is 0 Å². The molecule has 0 amide bonds. The van der Waals surface area contributed by atoms with Crippen molar-refractivity contribution in [2.24, 2.45) is 0 Å². The third kappa shape index (κ3) is 3.08. The first-order valence-electron chi connectivity index (χ1n) is 5.64.